The van der Waals surface area contributed by atoms with E-state index in [1.54, 1.807) is 7.05 Å². The van der Waals surface area contributed by atoms with Gasteiger partial charge in [-0.1, -0.05) is 6.92 Å². The number of carbonyl (C=O) groups excluding carboxylic acids is 1. The van der Waals surface area contributed by atoms with Crippen molar-refractivity contribution < 1.29 is 14.3 Å². The summed E-state index contributed by atoms with van der Waals surface area (Å²) in [5, 5.41) is 2.78. The highest BCUT2D eigenvalue weighted by Gasteiger charge is 2.37. The predicted molar refractivity (Wildman–Crippen MR) is 86.2 cm³/mol. The summed E-state index contributed by atoms with van der Waals surface area (Å²) >= 11 is 0. The lowest BCUT2D eigenvalue weighted by Crippen LogP contribution is -2.49. The summed E-state index contributed by atoms with van der Waals surface area (Å²) in [6.07, 6.45) is 5.70. The zero-order chi connectivity index (χ0) is 16.2. The third-order valence-electron chi connectivity index (χ3n) is 4.68. The van der Waals surface area contributed by atoms with Gasteiger partial charge in [0.05, 0.1) is 0 Å². The van der Waals surface area contributed by atoms with Crippen LogP contribution in [-0.2, 0) is 14.3 Å². The molecule has 0 bridgehead atoms. The monoisotopic (exact) mass is 308 g/mol. The Bertz CT molecular complexity index is 463. The summed E-state index contributed by atoms with van der Waals surface area (Å²) in [5.74, 6) is 1.80. The molecule has 1 amide bonds. The molecule has 0 unspecified atom stereocenters. The normalized spacial score (nSPS) is 29.0. The quantitative estimate of drug-likeness (QED) is 0.867. The molecular formula is C17H28N2O3. The molecule has 2 aliphatic rings. The van der Waals surface area contributed by atoms with Crippen molar-refractivity contribution >= 4 is 5.91 Å². The first-order chi connectivity index (χ1) is 10.5. The number of nitrogens with zero attached hydrogens (tertiary/aromatic N) is 1. The summed E-state index contributed by atoms with van der Waals surface area (Å²) in [5.41, 5.74) is -0.234. The number of rotatable bonds is 3. The van der Waals surface area contributed by atoms with Crippen LogP contribution in [0.1, 0.15) is 33.6 Å². The van der Waals surface area contributed by atoms with E-state index in [0.717, 1.165) is 44.0 Å². The molecule has 1 atom stereocenters. The van der Waals surface area contributed by atoms with Gasteiger partial charge in [0, 0.05) is 19.0 Å². The van der Waals surface area contributed by atoms with Gasteiger partial charge in [-0.2, -0.15) is 0 Å². The van der Waals surface area contributed by atoms with E-state index in [1.165, 1.54) is 0 Å². The van der Waals surface area contributed by atoms with Crippen molar-refractivity contribution in [3.05, 3.63) is 23.7 Å². The number of hydrogen-bond donors (Lipinski definition) is 1. The van der Waals surface area contributed by atoms with Crippen LogP contribution in [0.3, 0.4) is 0 Å². The number of amides is 1. The van der Waals surface area contributed by atoms with Crippen LogP contribution in [0, 0.1) is 5.41 Å². The Morgan fingerprint density at radius 2 is 1.95 bits per heavy atom. The highest BCUT2D eigenvalue weighted by molar-refractivity contribution is 5.82. The van der Waals surface area contributed by atoms with Crippen molar-refractivity contribution in [2.75, 3.05) is 33.3 Å². The van der Waals surface area contributed by atoms with Crippen molar-refractivity contribution in [1.29, 1.82) is 0 Å². The molecule has 1 N–H and O–H groups in total. The minimum atomic E-state index is -0.234. The van der Waals surface area contributed by atoms with Gasteiger partial charge in [-0.25, -0.2) is 0 Å². The number of nitrogens with one attached hydrogen (secondary N) is 1. The van der Waals surface area contributed by atoms with E-state index in [9.17, 15) is 4.79 Å². The molecule has 124 valence electrons. The largest absolute Gasteiger partial charge is 0.486 e. The maximum absolute atomic E-state index is 11.9. The number of hydrogen-bond acceptors (Lipinski definition) is 4. The average molecular weight is 308 g/mol. The van der Waals surface area contributed by atoms with Crippen LogP contribution in [0.4, 0.5) is 0 Å². The lowest BCUT2D eigenvalue weighted by atomic mass is 9.79. The maximum atomic E-state index is 11.9. The van der Waals surface area contributed by atoms with Gasteiger partial charge in [0.25, 0.3) is 0 Å². The summed E-state index contributed by atoms with van der Waals surface area (Å²) in [7, 11) is 1.71. The van der Waals surface area contributed by atoms with Gasteiger partial charge in [-0.15, -0.1) is 0 Å². The van der Waals surface area contributed by atoms with Crippen LogP contribution in [0.15, 0.2) is 23.7 Å². The van der Waals surface area contributed by atoms with Crippen molar-refractivity contribution in [2.45, 2.75) is 39.7 Å². The van der Waals surface area contributed by atoms with E-state index >= 15 is 0 Å². The fraction of sp³-hybridized carbons (Fsp3) is 0.706. The molecule has 22 heavy (non-hydrogen) atoms. The number of likely N-dealkylation sites (tertiary alicyclic amines) is 1. The van der Waals surface area contributed by atoms with E-state index in [-0.39, 0.29) is 17.4 Å². The minimum absolute atomic E-state index is 0.0549. The first-order valence-electron chi connectivity index (χ1n) is 8.09. The predicted octanol–water partition coefficient (Wildman–Crippen LogP) is 2.06. The molecule has 2 saturated heterocycles. The number of carbonyl (C=O) groups is 1. The summed E-state index contributed by atoms with van der Waals surface area (Å²) < 4.78 is 11.8. The molecule has 0 radical (unpaired) electrons. The number of piperidine rings is 1. The van der Waals surface area contributed by atoms with Crippen LogP contribution >= 0.6 is 0 Å². The number of allylic oxidation sites excluding steroid dienone is 2. The molecule has 5 heteroatoms. The zero-order valence-electron chi connectivity index (χ0n) is 14.1. The van der Waals surface area contributed by atoms with E-state index in [4.69, 9.17) is 9.47 Å². The second-order valence-electron chi connectivity index (χ2n) is 6.30. The van der Waals surface area contributed by atoms with E-state index in [2.05, 4.69) is 17.1 Å². The minimum Gasteiger partial charge on any atom is -0.486 e. The summed E-state index contributed by atoms with van der Waals surface area (Å²) in [6, 6.07) is 0. The average Bonchev–Trinajstić information content (AvgIpc) is 2.56. The molecule has 2 fully saturated rings. The molecule has 0 spiro atoms. The molecular weight excluding hydrogens is 280 g/mol. The highest BCUT2D eigenvalue weighted by Crippen LogP contribution is 2.31. The number of ether oxygens (including phenoxy) is 2. The van der Waals surface area contributed by atoms with Gasteiger partial charge in [-0.3, -0.25) is 9.69 Å². The SMILES string of the molecule is C/C=C1/OC[C@H](CN2CCC(C)(C(=O)NC)CC2)O/C1=C/C. The maximum Gasteiger partial charge on any atom is 0.225 e. The molecule has 2 rings (SSSR count). The van der Waals surface area contributed by atoms with Crippen molar-refractivity contribution in [3.63, 3.8) is 0 Å². The van der Waals surface area contributed by atoms with Gasteiger partial charge < -0.3 is 14.8 Å². The smallest absolute Gasteiger partial charge is 0.225 e. The van der Waals surface area contributed by atoms with Gasteiger partial charge in [-0.05, 0) is 51.9 Å². The lowest BCUT2D eigenvalue weighted by Gasteiger charge is -2.40. The Morgan fingerprint density at radius 3 is 2.50 bits per heavy atom. The molecule has 5 nitrogen and oxygen atoms in total. The highest BCUT2D eigenvalue weighted by atomic mass is 16.6. The Hall–Kier alpha value is -1.49. The molecule has 2 aliphatic heterocycles. The first kappa shape index (κ1) is 16.9. The molecule has 0 saturated carbocycles. The zero-order valence-corrected chi connectivity index (χ0v) is 14.1. The van der Waals surface area contributed by atoms with Gasteiger partial charge in [0.15, 0.2) is 11.5 Å². The van der Waals surface area contributed by atoms with E-state index in [0.29, 0.717) is 6.61 Å². The van der Waals surface area contributed by atoms with Gasteiger partial charge in [0.2, 0.25) is 5.91 Å². The van der Waals surface area contributed by atoms with Crippen LogP contribution in [0.2, 0.25) is 0 Å². The first-order valence-corrected chi connectivity index (χ1v) is 8.09. The Kier molecular flexibility index (Phi) is 5.51. The Labute approximate surface area is 133 Å². The van der Waals surface area contributed by atoms with Gasteiger partial charge >= 0.3 is 0 Å². The van der Waals surface area contributed by atoms with E-state index in [1.807, 2.05) is 26.0 Å². The second kappa shape index (κ2) is 7.18. The summed E-state index contributed by atoms with van der Waals surface area (Å²) in [4.78, 5) is 14.3. The van der Waals surface area contributed by atoms with Crippen LogP contribution in [0.5, 0.6) is 0 Å². The molecule has 0 aliphatic carbocycles. The third-order valence-corrected chi connectivity index (χ3v) is 4.68. The molecule has 0 aromatic carbocycles. The van der Waals surface area contributed by atoms with Gasteiger partial charge in [0.1, 0.15) is 12.7 Å². The Balaban J connectivity index is 1.86. The standard InChI is InChI=1S/C17H28N2O3/c1-5-14-15(6-2)22-13(12-21-14)11-19-9-7-17(3,8-10-19)16(20)18-4/h5-6,13H,7-12H2,1-4H3,(H,18,20)/b14-5+,15-6+/t13-/m0/s1. The Morgan fingerprint density at radius 1 is 1.32 bits per heavy atom. The third kappa shape index (κ3) is 3.64. The molecule has 2 heterocycles. The van der Waals surface area contributed by atoms with Crippen LogP contribution < -0.4 is 5.32 Å². The van der Waals surface area contributed by atoms with Crippen molar-refractivity contribution in [2.24, 2.45) is 5.41 Å². The van der Waals surface area contributed by atoms with E-state index < -0.39 is 0 Å². The van der Waals surface area contributed by atoms with Crippen LogP contribution in [-0.4, -0.2) is 50.2 Å². The fourth-order valence-corrected chi connectivity index (χ4v) is 3.10. The second-order valence-corrected chi connectivity index (χ2v) is 6.30. The molecule has 0 aromatic rings. The van der Waals surface area contributed by atoms with Crippen molar-refractivity contribution in [3.8, 4) is 0 Å². The summed E-state index contributed by atoms with van der Waals surface area (Å²) in [6.45, 7) is 9.24. The topological polar surface area (TPSA) is 50.8 Å². The molecule has 0 aromatic heterocycles. The van der Waals surface area contributed by atoms with Crippen LogP contribution in [0.25, 0.3) is 0 Å². The lowest BCUT2D eigenvalue weighted by molar-refractivity contribution is -0.132. The fourth-order valence-electron chi connectivity index (χ4n) is 3.10. The van der Waals surface area contributed by atoms with Crippen molar-refractivity contribution in [1.82, 2.24) is 10.2 Å².